The van der Waals surface area contributed by atoms with Crippen LogP contribution in [-0.4, -0.2) is 27.3 Å². The summed E-state index contributed by atoms with van der Waals surface area (Å²) in [5.41, 5.74) is 3.62. The molecule has 7 heteroatoms. The van der Waals surface area contributed by atoms with Crippen molar-refractivity contribution in [2.45, 2.75) is 26.6 Å². The number of hydrogen-bond donors (Lipinski definition) is 1. The molecule has 0 atom stereocenters. The lowest BCUT2D eigenvalue weighted by Crippen LogP contribution is -2.23. The van der Waals surface area contributed by atoms with Crippen molar-refractivity contribution in [2.75, 3.05) is 6.61 Å². The lowest BCUT2D eigenvalue weighted by molar-refractivity contribution is 0.0950. The predicted molar refractivity (Wildman–Crippen MR) is 125 cm³/mol. The van der Waals surface area contributed by atoms with E-state index in [4.69, 9.17) is 9.47 Å². The van der Waals surface area contributed by atoms with Gasteiger partial charge in [0, 0.05) is 42.5 Å². The SMILES string of the molecule is CCOc1cc(C(=O)NCc2ccccc2Cn2cccn2)ccc1OCc1cccnc1. The van der Waals surface area contributed by atoms with Crippen molar-refractivity contribution in [2.24, 2.45) is 0 Å². The number of ether oxygens (including phenoxy) is 2. The van der Waals surface area contributed by atoms with Crippen LogP contribution >= 0.6 is 0 Å². The maximum Gasteiger partial charge on any atom is 0.251 e. The Morgan fingerprint density at radius 2 is 1.85 bits per heavy atom. The summed E-state index contributed by atoms with van der Waals surface area (Å²) in [5, 5.41) is 7.27. The highest BCUT2D eigenvalue weighted by Crippen LogP contribution is 2.29. The minimum absolute atomic E-state index is 0.177. The van der Waals surface area contributed by atoms with E-state index in [0.29, 0.717) is 43.4 Å². The van der Waals surface area contributed by atoms with E-state index in [9.17, 15) is 4.79 Å². The molecular weight excluding hydrogens is 416 g/mol. The molecule has 0 fully saturated rings. The van der Waals surface area contributed by atoms with E-state index in [1.54, 1.807) is 36.8 Å². The highest BCUT2D eigenvalue weighted by Gasteiger charge is 2.13. The Balaban J connectivity index is 1.42. The van der Waals surface area contributed by atoms with Crippen molar-refractivity contribution < 1.29 is 14.3 Å². The largest absolute Gasteiger partial charge is 0.490 e. The first-order valence-corrected chi connectivity index (χ1v) is 10.8. The van der Waals surface area contributed by atoms with E-state index >= 15 is 0 Å². The van der Waals surface area contributed by atoms with Gasteiger partial charge >= 0.3 is 0 Å². The molecular formula is C26H26N4O3. The highest BCUT2D eigenvalue weighted by molar-refractivity contribution is 5.94. The lowest BCUT2D eigenvalue weighted by atomic mass is 10.1. The first-order chi connectivity index (χ1) is 16.2. The van der Waals surface area contributed by atoms with Gasteiger partial charge in [-0.2, -0.15) is 5.10 Å². The molecule has 0 spiro atoms. The van der Waals surface area contributed by atoms with Gasteiger partial charge in [0.05, 0.1) is 13.2 Å². The van der Waals surface area contributed by atoms with E-state index in [1.807, 2.05) is 60.3 Å². The van der Waals surface area contributed by atoms with Crippen LogP contribution in [0.5, 0.6) is 11.5 Å². The van der Waals surface area contributed by atoms with Crippen molar-refractivity contribution in [1.82, 2.24) is 20.1 Å². The molecule has 4 rings (SSSR count). The Morgan fingerprint density at radius 3 is 2.61 bits per heavy atom. The van der Waals surface area contributed by atoms with Crippen molar-refractivity contribution in [3.05, 3.63) is 108 Å². The van der Waals surface area contributed by atoms with Gasteiger partial charge in [-0.25, -0.2) is 0 Å². The molecule has 33 heavy (non-hydrogen) atoms. The first kappa shape index (κ1) is 22.1. The van der Waals surface area contributed by atoms with Gasteiger partial charge in [0.15, 0.2) is 11.5 Å². The van der Waals surface area contributed by atoms with Crippen LogP contribution in [0, 0.1) is 0 Å². The predicted octanol–water partition coefficient (Wildman–Crippen LogP) is 4.23. The molecule has 1 N–H and O–H groups in total. The van der Waals surface area contributed by atoms with Crippen LogP contribution < -0.4 is 14.8 Å². The van der Waals surface area contributed by atoms with Gasteiger partial charge < -0.3 is 14.8 Å². The summed E-state index contributed by atoms with van der Waals surface area (Å²) in [5.74, 6) is 0.943. The molecule has 0 unspecified atom stereocenters. The molecule has 168 valence electrons. The third-order valence-corrected chi connectivity index (χ3v) is 5.07. The minimum atomic E-state index is -0.177. The third kappa shape index (κ3) is 5.98. The quantitative estimate of drug-likeness (QED) is 0.398. The highest BCUT2D eigenvalue weighted by atomic mass is 16.5. The number of hydrogen-bond acceptors (Lipinski definition) is 5. The molecule has 0 saturated carbocycles. The summed E-state index contributed by atoms with van der Waals surface area (Å²) in [6.07, 6.45) is 7.15. The zero-order chi connectivity index (χ0) is 22.9. The van der Waals surface area contributed by atoms with Gasteiger partial charge in [0.2, 0.25) is 0 Å². The second-order valence-corrected chi connectivity index (χ2v) is 7.40. The summed E-state index contributed by atoms with van der Waals surface area (Å²) in [6, 6.07) is 18.9. The van der Waals surface area contributed by atoms with Crippen molar-refractivity contribution in [3.63, 3.8) is 0 Å². The van der Waals surface area contributed by atoms with Gasteiger partial charge in [0.1, 0.15) is 6.61 Å². The average Bonchev–Trinajstić information content (AvgIpc) is 3.36. The average molecular weight is 443 g/mol. The summed E-state index contributed by atoms with van der Waals surface area (Å²) >= 11 is 0. The van der Waals surface area contributed by atoms with Crippen LogP contribution in [0.3, 0.4) is 0 Å². The van der Waals surface area contributed by atoms with Gasteiger partial charge in [-0.05, 0) is 48.4 Å². The number of carbonyl (C=O) groups excluding carboxylic acids is 1. The molecule has 2 heterocycles. The molecule has 0 radical (unpaired) electrons. The number of carbonyl (C=O) groups is 1. The normalized spacial score (nSPS) is 10.6. The first-order valence-electron chi connectivity index (χ1n) is 10.8. The van der Waals surface area contributed by atoms with Crippen LogP contribution in [-0.2, 0) is 19.7 Å². The van der Waals surface area contributed by atoms with E-state index in [0.717, 1.165) is 16.7 Å². The number of benzene rings is 2. The Morgan fingerprint density at radius 1 is 0.970 bits per heavy atom. The number of nitrogens with zero attached hydrogens (tertiary/aromatic N) is 3. The molecule has 7 nitrogen and oxygen atoms in total. The van der Waals surface area contributed by atoms with Crippen molar-refractivity contribution in [1.29, 1.82) is 0 Å². The summed E-state index contributed by atoms with van der Waals surface area (Å²) < 4.78 is 13.5. The van der Waals surface area contributed by atoms with Crippen LogP contribution in [0.25, 0.3) is 0 Å². The molecule has 2 aromatic carbocycles. The second-order valence-electron chi connectivity index (χ2n) is 7.40. The monoisotopic (exact) mass is 442 g/mol. The van der Waals surface area contributed by atoms with Gasteiger partial charge in [-0.1, -0.05) is 30.3 Å². The minimum Gasteiger partial charge on any atom is -0.490 e. The number of pyridine rings is 1. The number of rotatable bonds is 10. The smallest absolute Gasteiger partial charge is 0.251 e. The molecule has 4 aromatic rings. The second kappa shape index (κ2) is 10.9. The van der Waals surface area contributed by atoms with E-state index in [1.165, 1.54) is 0 Å². The maximum absolute atomic E-state index is 12.9. The Hall–Kier alpha value is -4.13. The number of nitrogens with one attached hydrogen (secondary N) is 1. The standard InChI is InChI=1S/C26H26N4O3/c1-2-32-25-15-21(10-11-24(25)33-19-20-7-5-12-27-16-20)26(31)28-17-22-8-3-4-9-23(22)18-30-14-6-13-29-30/h3-16H,2,17-19H2,1H3,(H,28,31). The Kier molecular flexibility index (Phi) is 7.33. The van der Waals surface area contributed by atoms with E-state index in [2.05, 4.69) is 15.4 Å². The molecule has 0 aliphatic carbocycles. The number of aromatic nitrogens is 3. The topological polar surface area (TPSA) is 78.3 Å². The maximum atomic E-state index is 12.9. The Labute approximate surface area is 193 Å². The summed E-state index contributed by atoms with van der Waals surface area (Å²) in [7, 11) is 0. The van der Waals surface area contributed by atoms with Gasteiger partial charge in [0.25, 0.3) is 5.91 Å². The lowest BCUT2D eigenvalue weighted by Gasteiger charge is -2.14. The fourth-order valence-corrected chi connectivity index (χ4v) is 3.41. The summed E-state index contributed by atoms with van der Waals surface area (Å²) in [6.45, 7) is 3.80. The third-order valence-electron chi connectivity index (χ3n) is 5.07. The molecule has 0 bridgehead atoms. The molecule has 0 aliphatic heterocycles. The van der Waals surface area contributed by atoms with Crippen LogP contribution in [0.15, 0.2) is 85.5 Å². The van der Waals surface area contributed by atoms with E-state index in [-0.39, 0.29) is 5.91 Å². The zero-order valence-electron chi connectivity index (χ0n) is 18.5. The molecule has 2 aromatic heterocycles. The molecule has 1 amide bonds. The zero-order valence-corrected chi connectivity index (χ0v) is 18.5. The fraction of sp³-hybridized carbons (Fsp3) is 0.192. The van der Waals surface area contributed by atoms with E-state index < -0.39 is 0 Å². The molecule has 0 aliphatic rings. The number of amides is 1. The van der Waals surface area contributed by atoms with Crippen molar-refractivity contribution in [3.8, 4) is 11.5 Å². The Bertz CT molecular complexity index is 1180. The van der Waals surface area contributed by atoms with Crippen LogP contribution in [0.2, 0.25) is 0 Å². The van der Waals surface area contributed by atoms with Crippen molar-refractivity contribution >= 4 is 5.91 Å². The van der Waals surface area contributed by atoms with Crippen LogP contribution in [0.4, 0.5) is 0 Å². The molecule has 0 saturated heterocycles. The van der Waals surface area contributed by atoms with Gasteiger partial charge in [-0.3, -0.25) is 14.5 Å². The summed E-state index contributed by atoms with van der Waals surface area (Å²) in [4.78, 5) is 17.0. The van der Waals surface area contributed by atoms with Gasteiger partial charge in [-0.15, -0.1) is 0 Å². The van der Waals surface area contributed by atoms with Crippen LogP contribution in [0.1, 0.15) is 34.0 Å². The fourth-order valence-electron chi connectivity index (χ4n) is 3.41.